The molecule has 7 nitrogen and oxygen atoms in total. The number of ether oxygens (including phenoxy) is 2. The van der Waals surface area contributed by atoms with Gasteiger partial charge < -0.3 is 19.7 Å². The molecule has 0 atom stereocenters. The predicted octanol–water partition coefficient (Wildman–Crippen LogP) is 5.39. The number of halogens is 1. The van der Waals surface area contributed by atoms with Gasteiger partial charge in [-0.3, -0.25) is 4.79 Å². The van der Waals surface area contributed by atoms with Gasteiger partial charge >= 0.3 is 0 Å². The summed E-state index contributed by atoms with van der Waals surface area (Å²) in [6.07, 6.45) is 1.72. The molecule has 36 heavy (non-hydrogen) atoms. The Morgan fingerprint density at radius 2 is 1.39 bits per heavy atom. The number of amides is 1. The van der Waals surface area contributed by atoms with Crippen LogP contribution in [0.3, 0.4) is 0 Å². The van der Waals surface area contributed by atoms with E-state index in [0.717, 1.165) is 32.8 Å². The summed E-state index contributed by atoms with van der Waals surface area (Å²) in [5.74, 6) is 2.04. The largest absolute Gasteiger partial charge is 0.497 e. The van der Waals surface area contributed by atoms with Gasteiger partial charge in [0.15, 0.2) is 0 Å². The van der Waals surface area contributed by atoms with Gasteiger partial charge in [0, 0.05) is 29.3 Å². The molecule has 0 unspecified atom stereocenters. The van der Waals surface area contributed by atoms with Crippen LogP contribution < -0.4 is 19.7 Å². The van der Waals surface area contributed by atoms with Crippen LogP contribution in [0.15, 0.2) is 89.5 Å². The van der Waals surface area contributed by atoms with Crippen molar-refractivity contribution in [1.29, 1.82) is 0 Å². The van der Waals surface area contributed by atoms with Crippen LogP contribution in [0.2, 0.25) is 0 Å². The molecule has 8 heteroatoms. The maximum Gasteiger partial charge on any atom is 0.251 e. The molecule has 0 fully saturated rings. The van der Waals surface area contributed by atoms with Gasteiger partial charge in [-0.2, -0.15) is 0 Å². The summed E-state index contributed by atoms with van der Waals surface area (Å²) in [4.78, 5) is 23.9. The van der Waals surface area contributed by atoms with E-state index in [4.69, 9.17) is 14.5 Å². The number of benzene rings is 3. The highest BCUT2D eigenvalue weighted by molar-refractivity contribution is 9.10. The van der Waals surface area contributed by atoms with Crippen LogP contribution >= 0.6 is 15.9 Å². The van der Waals surface area contributed by atoms with Gasteiger partial charge in [-0.15, -0.1) is 0 Å². The second-order valence-corrected chi connectivity index (χ2v) is 9.01. The monoisotopic (exact) mass is 546 g/mol. The Morgan fingerprint density at radius 1 is 0.833 bits per heavy atom. The summed E-state index contributed by atoms with van der Waals surface area (Å²) in [6.45, 7) is 1.50. The molecule has 1 N–H and O–H groups in total. The molecule has 4 rings (SSSR count). The lowest BCUT2D eigenvalue weighted by atomic mass is 10.1. The summed E-state index contributed by atoms with van der Waals surface area (Å²) in [5.41, 5.74) is 3.51. The van der Waals surface area contributed by atoms with E-state index < -0.39 is 0 Å². The van der Waals surface area contributed by atoms with Crippen molar-refractivity contribution in [2.45, 2.75) is 19.6 Å². The fourth-order valence-corrected chi connectivity index (χ4v) is 3.87. The van der Waals surface area contributed by atoms with E-state index in [2.05, 4.69) is 31.1 Å². The molecule has 1 amide bonds. The first-order valence-electron chi connectivity index (χ1n) is 11.4. The first-order valence-corrected chi connectivity index (χ1v) is 12.2. The number of carbonyl (C=O) groups is 1. The molecule has 0 saturated heterocycles. The minimum absolute atomic E-state index is 0.156. The maximum absolute atomic E-state index is 12.5. The predicted molar refractivity (Wildman–Crippen MR) is 143 cm³/mol. The highest BCUT2D eigenvalue weighted by Crippen LogP contribution is 2.20. The average molecular weight is 547 g/mol. The Morgan fingerprint density at radius 3 is 1.92 bits per heavy atom. The third kappa shape index (κ3) is 6.82. The van der Waals surface area contributed by atoms with Crippen LogP contribution in [0, 0.1) is 0 Å². The zero-order valence-electron chi connectivity index (χ0n) is 20.1. The van der Waals surface area contributed by atoms with Gasteiger partial charge in [0.1, 0.15) is 11.5 Å². The molecule has 184 valence electrons. The molecular weight excluding hydrogens is 520 g/mol. The minimum Gasteiger partial charge on any atom is -0.497 e. The standard InChI is InChI=1S/C28H27BrN4O3/c1-35-25-11-3-20(4-12-25)18-33(19-21-5-13-26(36-2)14-6-21)28-30-16-15-24(32-28)17-31-27(34)22-7-9-23(29)10-8-22/h3-16H,17-19H2,1-2H3,(H,31,34). The van der Waals surface area contributed by atoms with Crippen molar-refractivity contribution in [2.75, 3.05) is 19.1 Å². The molecule has 0 aliphatic rings. The molecule has 0 radical (unpaired) electrons. The number of nitrogens with one attached hydrogen (secondary N) is 1. The number of nitrogens with zero attached hydrogens (tertiary/aromatic N) is 3. The van der Waals surface area contributed by atoms with E-state index in [1.54, 1.807) is 32.5 Å². The van der Waals surface area contributed by atoms with Gasteiger partial charge in [-0.05, 0) is 65.7 Å². The number of hydrogen-bond donors (Lipinski definition) is 1. The van der Waals surface area contributed by atoms with E-state index in [9.17, 15) is 4.79 Å². The molecule has 0 saturated carbocycles. The van der Waals surface area contributed by atoms with E-state index in [1.807, 2.05) is 66.7 Å². The number of methoxy groups -OCH3 is 2. The molecule has 4 aromatic rings. The Bertz CT molecular complexity index is 1230. The summed E-state index contributed by atoms with van der Waals surface area (Å²) in [5, 5.41) is 2.93. The van der Waals surface area contributed by atoms with Gasteiger partial charge in [-0.1, -0.05) is 40.2 Å². The highest BCUT2D eigenvalue weighted by Gasteiger charge is 2.14. The summed E-state index contributed by atoms with van der Waals surface area (Å²) >= 11 is 3.39. The Labute approximate surface area is 219 Å². The molecule has 0 spiro atoms. The topological polar surface area (TPSA) is 76.6 Å². The summed E-state index contributed by atoms with van der Waals surface area (Å²) in [6, 6.07) is 24.9. The molecule has 0 aliphatic carbocycles. The van der Waals surface area contributed by atoms with Gasteiger partial charge in [0.2, 0.25) is 5.95 Å². The van der Waals surface area contributed by atoms with Crippen LogP contribution in [-0.2, 0) is 19.6 Å². The van der Waals surface area contributed by atoms with E-state index in [0.29, 0.717) is 31.1 Å². The van der Waals surface area contributed by atoms with Gasteiger partial charge in [-0.25, -0.2) is 9.97 Å². The van der Waals surface area contributed by atoms with Crippen molar-refractivity contribution in [3.05, 3.63) is 112 Å². The molecule has 0 bridgehead atoms. The molecule has 0 aliphatic heterocycles. The van der Waals surface area contributed by atoms with Gasteiger partial charge in [0.25, 0.3) is 5.91 Å². The quantitative estimate of drug-likeness (QED) is 0.287. The lowest BCUT2D eigenvalue weighted by Gasteiger charge is -2.23. The van der Waals surface area contributed by atoms with Crippen LogP contribution in [0.1, 0.15) is 27.2 Å². The van der Waals surface area contributed by atoms with Crippen LogP contribution in [-0.4, -0.2) is 30.1 Å². The molecule has 3 aromatic carbocycles. The van der Waals surface area contributed by atoms with Crippen molar-refractivity contribution in [2.24, 2.45) is 0 Å². The van der Waals surface area contributed by atoms with Gasteiger partial charge in [0.05, 0.1) is 26.5 Å². The first-order chi connectivity index (χ1) is 17.5. The second-order valence-electron chi connectivity index (χ2n) is 8.09. The smallest absolute Gasteiger partial charge is 0.251 e. The maximum atomic E-state index is 12.5. The number of anilines is 1. The normalized spacial score (nSPS) is 10.5. The van der Waals surface area contributed by atoms with Crippen molar-refractivity contribution in [1.82, 2.24) is 15.3 Å². The number of rotatable bonds is 10. The van der Waals surface area contributed by atoms with Crippen LogP contribution in [0.25, 0.3) is 0 Å². The zero-order valence-corrected chi connectivity index (χ0v) is 21.7. The van der Waals surface area contributed by atoms with E-state index in [-0.39, 0.29) is 5.91 Å². The second kappa shape index (κ2) is 12.2. The van der Waals surface area contributed by atoms with E-state index in [1.165, 1.54) is 0 Å². The highest BCUT2D eigenvalue weighted by atomic mass is 79.9. The van der Waals surface area contributed by atoms with Crippen molar-refractivity contribution < 1.29 is 14.3 Å². The third-order valence-corrected chi connectivity index (χ3v) is 6.11. The van der Waals surface area contributed by atoms with Crippen molar-refractivity contribution in [3.63, 3.8) is 0 Å². The first kappa shape index (κ1) is 25.2. The van der Waals surface area contributed by atoms with Crippen molar-refractivity contribution >= 4 is 27.8 Å². The average Bonchev–Trinajstić information content (AvgIpc) is 2.92. The molecular formula is C28H27BrN4O3. The Hall–Kier alpha value is -3.91. The fourth-order valence-electron chi connectivity index (χ4n) is 3.61. The van der Waals surface area contributed by atoms with Crippen molar-refractivity contribution in [3.8, 4) is 11.5 Å². The lowest BCUT2D eigenvalue weighted by molar-refractivity contribution is 0.0950. The number of aromatic nitrogens is 2. The fraction of sp³-hybridized carbons (Fsp3) is 0.179. The SMILES string of the molecule is COc1ccc(CN(Cc2ccc(OC)cc2)c2nccc(CNC(=O)c3ccc(Br)cc3)n2)cc1. The summed E-state index contributed by atoms with van der Waals surface area (Å²) in [7, 11) is 3.31. The number of carbonyl (C=O) groups excluding carboxylic acids is 1. The van der Waals surface area contributed by atoms with Crippen LogP contribution in [0.4, 0.5) is 5.95 Å². The molecule has 1 aromatic heterocycles. The Kier molecular flexibility index (Phi) is 8.52. The van der Waals surface area contributed by atoms with E-state index >= 15 is 0 Å². The van der Waals surface area contributed by atoms with Crippen LogP contribution in [0.5, 0.6) is 11.5 Å². The minimum atomic E-state index is -0.156. The number of hydrogen-bond acceptors (Lipinski definition) is 6. The summed E-state index contributed by atoms with van der Waals surface area (Å²) < 4.78 is 11.5. The molecule has 1 heterocycles. The Balaban J connectivity index is 1.52. The lowest BCUT2D eigenvalue weighted by Crippen LogP contribution is -2.26. The third-order valence-electron chi connectivity index (χ3n) is 5.58. The zero-order chi connectivity index (χ0) is 25.3.